The third-order valence-electron chi connectivity index (χ3n) is 16.9. The van der Waals surface area contributed by atoms with Gasteiger partial charge in [-0.15, -0.1) is 0 Å². The number of hydrogen-bond acceptors (Lipinski definition) is 14. The van der Waals surface area contributed by atoms with Gasteiger partial charge in [0.2, 0.25) is 6.29 Å². The Morgan fingerprint density at radius 3 is 2.22 bits per heavy atom. The minimum Gasteiger partial charge on any atom is -0.432 e. The van der Waals surface area contributed by atoms with Crippen molar-refractivity contribution in [3.05, 3.63) is 23.8 Å². The smallest absolute Gasteiger partial charge is 0.315 e. The molecule has 19 atom stereocenters. The third kappa shape index (κ3) is 5.83. The number of aliphatic hydroxyl groups excluding tert-OH is 8. The number of carbonyl (C=O) groups is 1. The van der Waals surface area contributed by atoms with Crippen LogP contribution in [-0.2, 0) is 23.7 Å². The van der Waals surface area contributed by atoms with Gasteiger partial charge < -0.3 is 64.9 Å². The molecule has 5 aliphatic carbocycles. The number of allylic oxidation sites excluding steroid dienone is 1. The molecular weight excluding hydrogens is 716 g/mol. The van der Waals surface area contributed by atoms with Crippen LogP contribution in [0.4, 0.5) is 0 Å². The highest BCUT2D eigenvalue weighted by Gasteiger charge is 2.72. The number of ether oxygens (including phenoxy) is 4. The molecule has 0 spiro atoms. The second-order valence-electron chi connectivity index (χ2n) is 19.3. The second kappa shape index (κ2) is 14.0. The van der Waals surface area contributed by atoms with Gasteiger partial charge >= 0.3 is 5.97 Å². The number of fused-ring (bicyclic) bond motifs is 7. The van der Waals surface area contributed by atoms with E-state index in [1.807, 2.05) is 6.92 Å². The van der Waals surface area contributed by atoms with Crippen LogP contribution in [-0.4, -0.2) is 139 Å². The molecule has 19 unspecified atom stereocenters. The Hall–Kier alpha value is -1.53. The van der Waals surface area contributed by atoms with Crippen LogP contribution < -0.4 is 0 Å². The summed E-state index contributed by atoms with van der Waals surface area (Å²) in [6.45, 7) is 13.9. The zero-order valence-corrected chi connectivity index (χ0v) is 32.8. The molecule has 0 aromatic carbocycles. The number of aliphatic hydroxyl groups is 9. The molecule has 2 heterocycles. The van der Waals surface area contributed by atoms with Gasteiger partial charge in [-0.05, 0) is 98.4 Å². The van der Waals surface area contributed by atoms with Crippen molar-refractivity contribution >= 4 is 5.97 Å². The molecule has 0 aromatic heterocycles. The highest BCUT2D eigenvalue weighted by molar-refractivity contribution is 5.80. The zero-order valence-electron chi connectivity index (χ0n) is 32.8. The van der Waals surface area contributed by atoms with E-state index in [1.54, 1.807) is 6.92 Å². The van der Waals surface area contributed by atoms with Gasteiger partial charge in [-0.3, -0.25) is 4.79 Å². The Kier molecular flexibility index (Phi) is 10.6. The van der Waals surface area contributed by atoms with Crippen LogP contribution in [0.15, 0.2) is 23.8 Å². The first-order valence-electron chi connectivity index (χ1n) is 20.2. The van der Waals surface area contributed by atoms with Gasteiger partial charge in [-0.2, -0.15) is 0 Å². The highest BCUT2D eigenvalue weighted by Crippen LogP contribution is 2.76. The lowest BCUT2D eigenvalue weighted by atomic mass is 9.33. The van der Waals surface area contributed by atoms with Gasteiger partial charge in [0.25, 0.3) is 0 Å². The number of hydrogen-bond donors (Lipinski definition) is 9. The standard InChI is InChI=1S/C41H64O14/c1-20-9-14-41(35(50)55-34-31(49)29(47)28(46)23(17-42)53-34)16-15-38(4)21(32(41)40(20,6)51)7-8-25-36(2)12-11-26(54-33-30(48)27(45)22(44)18-52-33)37(3,19-43)24(36)10-13-39(25,38)5/h7,22-34,42-49,51H,1,8-19H2,2-6H3. The lowest BCUT2D eigenvalue weighted by molar-refractivity contribution is -0.313. The van der Waals surface area contributed by atoms with Crippen molar-refractivity contribution < 1.29 is 69.7 Å². The van der Waals surface area contributed by atoms with Gasteiger partial charge in [0.15, 0.2) is 6.29 Å². The monoisotopic (exact) mass is 780 g/mol. The van der Waals surface area contributed by atoms with Gasteiger partial charge in [-0.1, -0.05) is 45.9 Å². The minimum absolute atomic E-state index is 0.0328. The quantitative estimate of drug-likeness (QED) is 0.103. The van der Waals surface area contributed by atoms with Crippen molar-refractivity contribution in [2.45, 2.75) is 159 Å². The molecule has 7 aliphatic rings. The maximum absolute atomic E-state index is 14.6. The molecular formula is C41H64O14. The van der Waals surface area contributed by atoms with E-state index in [4.69, 9.17) is 18.9 Å². The van der Waals surface area contributed by atoms with Crippen LogP contribution in [0.2, 0.25) is 0 Å². The van der Waals surface area contributed by atoms with E-state index in [1.165, 1.54) is 0 Å². The van der Waals surface area contributed by atoms with Crippen LogP contribution in [0.25, 0.3) is 0 Å². The van der Waals surface area contributed by atoms with E-state index in [-0.39, 0.29) is 35.9 Å². The second-order valence-corrected chi connectivity index (χ2v) is 19.3. The molecule has 0 aromatic rings. The fourth-order valence-corrected chi connectivity index (χ4v) is 13.3. The molecule has 0 amide bonds. The summed E-state index contributed by atoms with van der Waals surface area (Å²) in [6, 6.07) is 0. The van der Waals surface area contributed by atoms with Crippen LogP contribution in [0.5, 0.6) is 0 Å². The third-order valence-corrected chi connectivity index (χ3v) is 16.9. The first kappa shape index (κ1) is 41.6. The van der Waals surface area contributed by atoms with Gasteiger partial charge in [0.1, 0.15) is 42.7 Å². The topological polar surface area (TPSA) is 236 Å². The number of rotatable bonds is 6. The highest BCUT2D eigenvalue weighted by atomic mass is 16.7. The summed E-state index contributed by atoms with van der Waals surface area (Å²) in [5, 5.41) is 95.8. The van der Waals surface area contributed by atoms with Crippen molar-refractivity contribution in [1.29, 1.82) is 0 Å². The zero-order chi connectivity index (χ0) is 40.3. The molecule has 7 rings (SSSR count). The van der Waals surface area contributed by atoms with Crippen LogP contribution in [0.3, 0.4) is 0 Å². The Morgan fingerprint density at radius 1 is 0.855 bits per heavy atom. The lowest BCUT2D eigenvalue weighted by Crippen LogP contribution is -2.68. The Labute approximate surface area is 323 Å². The summed E-state index contributed by atoms with van der Waals surface area (Å²) >= 11 is 0. The fraction of sp³-hybridized carbons (Fsp3) is 0.878. The maximum Gasteiger partial charge on any atom is 0.315 e. The van der Waals surface area contributed by atoms with Crippen LogP contribution in [0, 0.1) is 44.8 Å². The van der Waals surface area contributed by atoms with Crippen molar-refractivity contribution in [3.8, 4) is 0 Å². The fourth-order valence-electron chi connectivity index (χ4n) is 13.3. The summed E-state index contributed by atoms with van der Waals surface area (Å²) < 4.78 is 23.5. The van der Waals surface area contributed by atoms with Crippen molar-refractivity contribution in [2.24, 2.45) is 44.8 Å². The summed E-state index contributed by atoms with van der Waals surface area (Å²) in [6.07, 6.45) is -6.05. The van der Waals surface area contributed by atoms with Crippen LogP contribution in [0.1, 0.15) is 92.4 Å². The Balaban J connectivity index is 1.20. The molecule has 2 aliphatic heterocycles. The summed E-state index contributed by atoms with van der Waals surface area (Å²) in [4.78, 5) is 14.6. The van der Waals surface area contributed by atoms with E-state index >= 15 is 0 Å². The molecule has 6 fully saturated rings. The summed E-state index contributed by atoms with van der Waals surface area (Å²) in [5.41, 5.74) is -2.77. The Bertz CT molecular complexity index is 1530. The lowest BCUT2D eigenvalue weighted by Gasteiger charge is -2.72. The average molecular weight is 781 g/mol. The molecule has 4 saturated carbocycles. The van der Waals surface area contributed by atoms with E-state index in [9.17, 15) is 50.8 Å². The SMILES string of the molecule is C=C1CCC2(C(=O)OC3OC(CO)C(O)C(O)C3O)CCC3(C)C(=CCC4C5(C)CCC(OC6OCC(O)C(O)C6O)C(C)(CO)C5CCC43C)C2C1(C)O. The minimum atomic E-state index is -1.75. The largest absolute Gasteiger partial charge is 0.432 e. The van der Waals surface area contributed by atoms with E-state index in [0.29, 0.717) is 44.1 Å². The molecule has 0 bridgehead atoms. The van der Waals surface area contributed by atoms with E-state index in [2.05, 4.69) is 33.4 Å². The molecule has 312 valence electrons. The predicted octanol–water partition coefficient (Wildman–Crippen LogP) is 0.819. The summed E-state index contributed by atoms with van der Waals surface area (Å²) in [7, 11) is 0. The molecule has 14 nitrogen and oxygen atoms in total. The maximum atomic E-state index is 14.6. The molecule has 14 heteroatoms. The van der Waals surface area contributed by atoms with Crippen molar-refractivity contribution in [1.82, 2.24) is 0 Å². The Morgan fingerprint density at radius 2 is 1.55 bits per heavy atom. The molecule has 55 heavy (non-hydrogen) atoms. The number of esters is 1. The predicted molar refractivity (Wildman–Crippen MR) is 194 cm³/mol. The molecule has 9 N–H and O–H groups in total. The van der Waals surface area contributed by atoms with Gasteiger partial charge in [-0.25, -0.2) is 0 Å². The normalized spacial score (nSPS) is 55.3. The number of carbonyl (C=O) groups excluding carboxylic acids is 1. The molecule has 2 saturated heterocycles. The van der Waals surface area contributed by atoms with Gasteiger partial charge in [0.05, 0.1) is 36.9 Å². The first-order valence-corrected chi connectivity index (χ1v) is 20.2. The van der Waals surface area contributed by atoms with Crippen molar-refractivity contribution in [2.75, 3.05) is 19.8 Å². The first-order chi connectivity index (χ1) is 25.7. The van der Waals surface area contributed by atoms with Gasteiger partial charge in [0, 0.05) is 11.3 Å². The van der Waals surface area contributed by atoms with Crippen molar-refractivity contribution in [3.63, 3.8) is 0 Å². The van der Waals surface area contributed by atoms with E-state index in [0.717, 1.165) is 24.8 Å². The van der Waals surface area contributed by atoms with E-state index < -0.39 is 102 Å². The molecule has 0 radical (unpaired) electrons. The summed E-state index contributed by atoms with van der Waals surface area (Å²) in [5.74, 6) is -1.18. The van der Waals surface area contributed by atoms with Crippen LogP contribution >= 0.6 is 0 Å². The average Bonchev–Trinajstić information content (AvgIpc) is 3.14.